The number of ether oxygens (including phenoxy) is 1. The molecule has 2 heterocycles. The highest BCUT2D eigenvalue weighted by Crippen LogP contribution is 2.37. The van der Waals surface area contributed by atoms with Gasteiger partial charge >= 0.3 is 5.97 Å². The molecule has 0 bridgehead atoms. The number of hydrogen-bond donors (Lipinski definition) is 0. The Balaban J connectivity index is 2.30. The Morgan fingerprint density at radius 3 is 2.53 bits per heavy atom. The zero-order valence-corrected chi connectivity index (χ0v) is 22.2. The number of carbonyl (C=O) groups excluding carboxylic acids is 2. The molecule has 1 aliphatic heterocycles. The van der Waals surface area contributed by atoms with Crippen LogP contribution in [-0.2, 0) is 14.3 Å². The van der Waals surface area contributed by atoms with Gasteiger partial charge in [-0.05, 0) is 57.6 Å². The van der Waals surface area contributed by atoms with E-state index in [1.807, 2.05) is 32.2 Å². The Bertz CT molecular complexity index is 928. The molecule has 0 saturated carbocycles. The topological polar surface area (TPSA) is 80.0 Å². The van der Waals surface area contributed by atoms with Crippen molar-refractivity contribution in [3.05, 3.63) is 34.3 Å². The van der Waals surface area contributed by atoms with E-state index >= 15 is 0 Å². The highest BCUT2D eigenvalue weighted by molar-refractivity contribution is 7.09. The van der Waals surface area contributed by atoms with Gasteiger partial charge in [-0.3, -0.25) is 9.59 Å². The molecule has 186 valence electrons. The number of Topliss-reactive ketones (excluding diaryl/α,β-unsaturated/α-hetero) is 1. The minimum Gasteiger partial charge on any atom is -0.458 e. The second kappa shape index (κ2) is 13.0. The number of cyclic esters (lactones) is 1. The Labute approximate surface area is 209 Å². The highest BCUT2D eigenvalue weighted by Gasteiger charge is 2.42. The number of allylic oxidation sites excluding steroid dienone is 1. The van der Waals surface area contributed by atoms with Crippen molar-refractivity contribution in [2.75, 3.05) is 0 Å². The number of esters is 1. The molecule has 1 fully saturated rings. The van der Waals surface area contributed by atoms with Crippen molar-refractivity contribution in [2.24, 2.45) is 23.2 Å². The standard InChI is InChI=1S/C28H40N2O3S/c1-7-28(6)23(17-29)16-26(31)33-25(20(3)15-24-18-34-22(5)30-24)13-11-9-8-10-12-19(2)14-21(4)27(28)32/h7,15,18-19,21,23,25H,1,8-14,16H2,2-6H3/b20-15+/t19-,21+,23+,25-,28-/m0/s1. The molecule has 0 aromatic carbocycles. The van der Waals surface area contributed by atoms with Gasteiger partial charge in [0.1, 0.15) is 11.9 Å². The van der Waals surface area contributed by atoms with Gasteiger partial charge in [0.25, 0.3) is 0 Å². The molecule has 0 spiro atoms. The van der Waals surface area contributed by atoms with E-state index in [1.54, 1.807) is 24.3 Å². The van der Waals surface area contributed by atoms with Gasteiger partial charge in [0, 0.05) is 11.3 Å². The van der Waals surface area contributed by atoms with Gasteiger partial charge in [0.2, 0.25) is 0 Å². The van der Waals surface area contributed by atoms with Crippen LogP contribution in [-0.4, -0.2) is 22.8 Å². The highest BCUT2D eigenvalue weighted by atomic mass is 32.1. The van der Waals surface area contributed by atoms with Crippen molar-refractivity contribution in [1.29, 1.82) is 5.26 Å². The van der Waals surface area contributed by atoms with Crippen LogP contribution in [0.25, 0.3) is 6.08 Å². The SMILES string of the molecule is C=C[C@]1(C)C(=O)[C@H](C)C[C@@H](C)CCCCCC[C@@H](/C(C)=C/c2csc(C)n2)OC(=O)C[C@@H]1C#N. The molecule has 1 aliphatic rings. The summed E-state index contributed by atoms with van der Waals surface area (Å²) < 4.78 is 5.91. The molecule has 2 rings (SSSR count). The van der Waals surface area contributed by atoms with Crippen molar-refractivity contribution >= 4 is 29.2 Å². The zero-order valence-electron chi connectivity index (χ0n) is 21.4. The van der Waals surface area contributed by atoms with E-state index in [4.69, 9.17) is 4.74 Å². The largest absolute Gasteiger partial charge is 0.458 e. The average molecular weight is 485 g/mol. The smallest absolute Gasteiger partial charge is 0.307 e. The first-order valence-electron chi connectivity index (χ1n) is 12.5. The van der Waals surface area contributed by atoms with Crippen molar-refractivity contribution in [3.63, 3.8) is 0 Å². The number of nitriles is 1. The van der Waals surface area contributed by atoms with Gasteiger partial charge in [-0.25, -0.2) is 4.98 Å². The zero-order chi connectivity index (χ0) is 25.3. The lowest BCUT2D eigenvalue weighted by atomic mass is 9.68. The fourth-order valence-electron chi connectivity index (χ4n) is 4.87. The fraction of sp³-hybridized carbons (Fsp3) is 0.643. The van der Waals surface area contributed by atoms with Crippen molar-refractivity contribution in [2.45, 2.75) is 92.1 Å². The predicted octanol–water partition coefficient (Wildman–Crippen LogP) is 7.07. The van der Waals surface area contributed by atoms with Crippen LogP contribution in [0, 0.1) is 41.4 Å². The lowest BCUT2D eigenvalue weighted by Crippen LogP contribution is -2.39. The fourth-order valence-corrected chi connectivity index (χ4v) is 5.44. The molecule has 6 heteroatoms. The van der Waals surface area contributed by atoms with Gasteiger partial charge in [0.05, 0.1) is 34.5 Å². The molecule has 1 aromatic rings. The first-order chi connectivity index (χ1) is 16.1. The van der Waals surface area contributed by atoms with Crippen LogP contribution < -0.4 is 0 Å². The summed E-state index contributed by atoms with van der Waals surface area (Å²) in [5.41, 5.74) is 0.714. The van der Waals surface area contributed by atoms with Crippen molar-refractivity contribution in [1.82, 2.24) is 4.98 Å². The summed E-state index contributed by atoms with van der Waals surface area (Å²) in [6.45, 7) is 13.7. The molecule has 34 heavy (non-hydrogen) atoms. The van der Waals surface area contributed by atoms with Gasteiger partial charge < -0.3 is 4.74 Å². The molecular formula is C28H40N2O3S. The molecular weight excluding hydrogens is 444 g/mol. The number of aromatic nitrogens is 1. The third kappa shape index (κ3) is 7.63. The normalized spacial score (nSPS) is 30.9. The minimum atomic E-state index is -1.09. The Kier molecular flexibility index (Phi) is 10.7. The lowest BCUT2D eigenvalue weighted by Gasteiger charge is -2.32. The third-order valence-electron chi connectivity index (χ3n) is 7.12. The molecule has 0 unspecified atom stereocenters. The lowest BCUT2D eigenvalue weighted by molar-refractivity contribution is -0.149. The second-order valence-electron chi connectivity index (χ2n) is 10.1. The third-order valence-corrected chi connectivity index (χ3v) is 7.91. The summed E-state index contributed by atoms with van der Waals surface area (Å²) in [7, 11) is 0. The maximum Gasteiger partial charge on any atom is 0.307 e. The van der Waals surface area contributed by atoms with E-state index in [2.05, 4.69) is 24.6 Å². The van der Waals surface area contributed by atoms with Crippen LogP contribution in [0.2, 0.25) is 0 Å². The van der Waals surface area contributed by atoms with E-state index in [0.717, 1.165) is 61.2 Å². The Hall–Kier alpha value is -2.26. The summed E-state index contributed by atoms with van der Waals surface area (Å²) in [4.78, 5) is 30.9. The Morgan fingerprint density at radius 1 is 1.26 bits per heavy atom. The maximum absolute atomic E-state index is 13.4. The van der Waals surface area contributed by atoms with E-state index < -0.39 is 17.3 Å². The van der Waals surface area contributed by atoms with E-state index in [0.29, 0.717) is 5.92 Å². The minimum absolute atomic E-state index is 0.0210. The number of carbonyl (C=O) groups is 2. The number of rotatable bonds is 3. The number of thiazole rings is 1. The quantitative estimate of drug-likeness (QED) is 0.338. The number of nitrogens with zero attached hydrogens (tertiary/aromatic N) is 2. The summed E-state index contributed by atoms with van der Waals surface area (Å²) in [5.74, 6) is -1.05. The molecule has 1 aromatic heterocycles. The van der Waals surface area contributed by atoms with Crippen LogP contribution in [0.15, 0.2) is 23.6 Å². The molecule has 0 radical (unpaired) electrons. The van der Waals surface area contributed by atoms with Crippen LogP contribution >= 0.6 is 11.3 Å². The Morgan fingerprint density at radius 2 is 1.94 bits per heavy atom. The predicted molar refractivity (Wildman–Crippen MR) is 138 cm³/mol. The van der Waals surface area contributed by atoms with Gasteiger partial charge in [0.15, 0.2) is 0 Å². The monoisotopic (exact) mass is 484 g/mol. The summed E-state index contributed by atoms with van der Waals surface area (Å²) >= 11 is 1.59. The van der Waals surface area contributed by atoms with Crippen molar-refractivity contribution < 1.29 is 14.3 Å². The van der Waals surface area contributed by atoms with E-state index in [1.165, 1.54) is 0 Å². The van der Waals surface area contributed by atoms with Crippen LogP contribution in [0.5, 0.6) is 0 Å². The van der Waals surface area contributed by atoms with Gasteiger partial charge in [-0.15, -0.1) is 17.9 Å². The van der Waals surface area contributed by atoms with E-state index in [9.17, 15) is 14.9 Å². The first-order valence-corrected chi connectivity index (χ1v) is 13.4. The second-order valence-corrected chi connectivity index (χ2v) is 11.2. The summed E-state index contributed by atoms with van der Waals surface area (Å²) in [6.07, 6.45) is 9.92. The molecule has 5 atom stereocenters. The van der Waals surface area contributed by atoms with Crippen molar-refractivity contribution in [3.8, 4) is 6.07 Å². The molecule has 0 N–H and O–H groups in total. The maximum atomic E-state index is 13.4. The van der Waals surface area contributed by atoms with Crippen LogP contribution in [0.1, 0.15) is 89.8 Å². The van der Waals surface area contributed by atoms with Gasteiger partial charge in [-0.2, -0.15) is 5.26 Å². The van der Waals surface area contributed by atoms with Crippen LogP contribution in [0.4, 0.5) is 0 Å². The summed E-state index contributed by atoms with van der Waals surface area (Å²) in [6, 6.07) is 2.21. The van der Waals surface area contributed by atoms with E-state index in [-0.39, 0.29) is 24.2 Å². The average Bonchev–Trinajstić information content (AvgIpc) is 3.21. The molecule has 5 nitrogen and oxygen atoms in total. The van der Waals surface area contributed by atoms with Crippen LogP contribution in [0.3, 0.4) is 0 Å². The number of aryl methyl sites for hydroxylation is 1. The molecule has 0 amide bonds. The first kappa shape index (κ1) is 28.0. The molecule has 0 aliphatic carbocycles. The number of hydrogen-bond acceptors (Lipinski definition) is 6. The summed E-state index contributed by atoms with van der Waals surface area (Å²) in [5, 5.41) is 12.9. The van der Waals surface area contributed by atoms with Gasteiger partial charge in [-0.1, -0.05) is 45.6 Å². The molecule has 1 saturated heterocycles. The number of ketones is 1.